The lowest BCUT2D eigenvalue weighted by Gasteiger charge is -2.16. The highest BCUT2D eigenvalue weighted by Crippen LogP contribution is 2.21. The van der Waals surface area contributed by atoms with Gasteiger partial charge < -0.3 is 5.32 Å². The van der Waals surface area contributed by atoms with Gasteiger partial charge in [0, 0.05) is 13.1 Å². The SMILES string of the molecule is CCc1nn(CC)c(CNCC(C)C(C)C)c1Cl. The van der Waals surface area contributed by atoms with Gasteiger partial charge in [-0.05, 0) is 31.7 Å². The normalized spacial score (nSPS) is 13.3. The van der Waals surface area contributed by atoms with Crippen molar-refractivity contribution in [2.45, 2.75) is 54.1 Å². The van der Waals surface area contributed by atoms with Crippen LogP contribution in [0, 0.1) is 11.8 Å². The smallest absolute Gasteiger partial charge is 0.0863 e. The van der Waals surface area contributed by atoms with E-state index >= 15 is 0 Å². The summed E-state index contributed by atoms with van der Waals surface area (Å²) in [5.74, 6) is 1.38. The largest absolute Gasteiger partial charge is 0.311 e. The van der Waals surface area contributed by atoms with Crippen LogP contribution in [0.25, 0.3) is 0 Å². The van der Waals surface area contributed by atoms with Crippen LogP contribution in [-0.2, 0) is 19.5 Å². The number of rotatable bonds is 7. The van der Waals surface area contributed by atoms with Crippen molar-refractivity contribution in [2.24, 2.45) is 11.8 Å². The average molecular weight is 272 g/mol. The van der Waals surface area contributed by atoms with Crippen molar-refractivity contribution in [2.75, 3.05) is 6.54 Å². The molecule has 0 spiro atoms. The summed E-state index contributed by atoms with van der Waals surface area (Å²) in [5.41, 5.74) is 2.12. The molecule has 0 radical (unpaired) electrons. The Labute approximate surface area is 116 Å². The summed E-state index contributed by atoms with van der Waals surface area (Å²) in [4.78, 5) is 0. The summed E-state index contributed by atoms with van der Waals surface area (Å²) in [6.45, 7) is 13.7. The lowest BCUT2D eigenvalue weighted by molar-refractivity contribution is 0.389. The molecule has 0 aromatic carbocycles. The Bertz CT molecular complexity index is 371. The van der Waals surface area contributed by atoms with E-state index in [1.165, 1.54) is 0 Å². The topological polar surface area (TPSA) is 29.9 Å². The van der Waals surface area contributed by atoms with Gasteiger partial charge in [0.2, 0.25) is 0 Å². The first-order chi connectivity index (χ1) is 8.51. The summed E-state index contributed by atoms with van der Waals surface area (Å²) in [6, 6.07) is 0. The third-order valence-electron chi connectivity index (χ3n) is 3.59. The van der Waals surface area contributed by atoms with Crippen molar-refractivity contribution in [1.29, 1.82) is 0 Å². The Morgan fingerprint density at radius 1 is 1.28 bits per heavy atom. The molecule has 1 heterocycles. The van der Waals surface area contributed by atoms with E-state index in [1.807, 2.05) is 4.68 Å². The minimum Gasteiger partial charge on any atom is -0.311 e. The number of nitrogens with one attached hydrogen (secondary N) is 1. The second-order valence-corrected chi connectivity index (χ2v) is 5.61. The Balaban J connectivity index is 2.64. The van der Waals surface area contributed by atoms with Crippen LogP contribution in [0.2, 0.25) is 5.02 Å². The van der Waals surface area contributed by atoms with E-state index in [0.717, 1.165) is 42.5 Å². The Morgan fingerprint density at radius 3 is 2.44 bits per heavy atom. The molecule has 0 aliphatic rings. The zero-order valence-electron chi connectivity index (χ0n) is 12.3. The standard InChI is InChI=1S/C14H26ClN3/c1-6-12-14(15)13(18(7-2)17-12)9-16-8-11(5)10(3)4/h10-11,16H,6-9H2,1-5H3. The third kappa shape index (κ3) is 3.72. The summed E-state index contributed by atoms with van der Waals surface area (Å²) in [6.07, 6.45) is 0.890. The van der Waals surface area contributed by atoms with E-state index in [9.17, 15) is 0 Å². The van der Waals surface area contributed by atoms with Crippen molar-refractivity contribution >= 4 is 11.6 Å². The van der Waals surface area contributed by atoms with Crippen LogP contribution < -0.4 is 5.32 Å². The quantitative estimate of drug-likeness (QED) is 0.823. The minimum atomic E-state index is 0.674. The first-order valence-corrected chi connectivity index (χ1v) is 7.33. The lowest BCUT2D eigenvalue weighted by atomic mass is 9.98. The first kappa shape index (κ1) is 15.5. The van der Waals surface area contributed by atoms with Crippen LogP contribution >= 0.6 is 11.6 Å². The van der Waals surface area contributed by atoms with Crippen molar-refractivity contribution in [3.63, 3.8) is 0 Å². The van der Waals surface area contributed by atoms with Crippen LogP contribution in [0.15, 0.2) is 0 Å². The Morgan fingerprint density at radius 2 is 1.94 bits per heavy atom. The first-order valence-electron chi connectivity index (χ1n) is 6.95. The number of hydrogen-bond donors (Lipinski definition) is 1. The molecule has 3 nitrogen and oxygen atoms in total. The molecule has 0 saturated carbocycles. The zero-order chi connectivity index (χ0) is 13.7. The van der Waals surface area contributed by atoms with Gasteiger partial charge in [0.25, 0.3) is 0 Å². The highest BCUT2D eigenvalue weighted by molar-refractivity contribution is 6.31. The zero-order valence-corrected chi connectivity index (χ0v) is 13.0. The molecule has 1 atom stereocenters. The van der Waals surface area contributed by atoms with E-state index in [-0.39, 0.29) is 0 Å². The Kier molecular flexibility index (Phi) is 6.16. The number of hydrogen-bond acceptors (Lipinski definition) is 2. The molecule has 0 aliphatic carbocycles. The van der Waals surface area contributed by atoms with Gasteiger partial charge in [0.05, 0.1) is 16.4 Å². The molecular formula is C14H26ClN3. The molecule has 1 rings (SSSR count). The van der Waals surface area contributed by atoms with Gasteiger partial charge >= 0.3 is 0 Å². The maximum absolute atomic E-state index is 6.36. The van der Waals surface area contributed by atoms with E-state index in [0.29, 0.717) is 11.8 Å². The van der Waals surface area contributed by atoms with Crippen LogP contribution in [0.1, 0.15) is 46.0 Å². The van der Waals surface area contributed by atoms with Crippen molar-refractivity contribution in [1.82, 2.24) is 15.1 Å². The minimum absolute atomic E-state index is 0.674. The highest BCUT2D eigenvalue weighted by Gasteiger charge is 2.14. The maximum atomic E-state index is 6.36. The molecule has 0 fully saturated rings. The van der Waals surface area contributed by atoms with Gasteiger partial charge in [-0.3, -0.25) is 4.68 Å². The van der Waals surface area contributed by atoms with Crippen LogP contribution in [0.5, 0.6) is 0 Å². The maximum Gasteiger partial charge on any atom is 0.0863 e. The van der Waals surface area contributed by atoms with Crippen molar-refractivity contribution in [3.8, 4) is 0 Å². The molecule has 0 amide bonds. The van der Waals surface area contributed by atoms with Gasteiger partial charge in [-0.1, -0.05) is 39.3 Å². The fourth-order valence-corrected chi connectivity index (χ4v) is 2.18. The van der Waals surface area contributed by atoms with Crippen LogP contribution in [0.4, 0.5) is 0 Å². The van der Waals surface area contributed by atoms with Crippen molar-refractivity contribution < 1.29 is 0 Å². The molecule has 104 valence electrons. The Hall–Kier alpha value is -0.540. The number of nitrogens with zero attached hydrogens (tertiary/aromatic N) is 2. The third-order valence-corrected chi connectivity index (χ3v) is 4.03. The van der Waals surface area contributed by atoms with E-state index in [2.05, 4.69) is 45.0 Å². The molecule has 0 bridgehead atoms. The number of aryl methyl sites for hydroxylation is 2. The molecule has 0 saturated heterocycles. The fourth-order valence-electron chi connectivity index (χ4n) is 1.84. The molecule has 4 heteroatoms. The molecule has 1 aromatic heterocycles. The number of halogens is 1. The van der Waals surface area contributed by atoms with E-state index in [4.69, 9.17) is 11.6 Å². The highest BCUT2D eigenvalue weighted by atomic mass is 35.5. The number of aromatic nitrogens is 2. The summed E-state index contributed by atoms with van der Waals surface area (Å²) in [7, 11) is 0. The predicted octanol–water partition coefficient (Wildman–Crippen LogP) is 3.50. The van der Waals surface area contributed by atoms with Crippen LogP contribution in [0.3, 0.4) is 0 Å². The molecular weight excluding hydrogens is 246 g/mol. The van der Waals surface area contributed by atoms with Crippen molar-refractivity contribution in [3.05, 3.63) is 16.4 Å². The molecule has 0 aliphatic heterocycles. The molecule has 1 unspecified atom stereocenters. The van der Waals surface area contributed by atoms with Gasteiger partial charge in [-0.25, -0.2) is 0 Å². The lowest BCUT2D eigenvalue weighted by Crippen LogP contribution is -2.25. The predicted molar refractivity (Wildman–Crippen MR) is 78.0 cm³/mol. The van der Waals surface area contributed by atoms with Gasteiger partial charge in [0.1, 0.15) is 0 Å². The van der Waals surface area contributed by atoms with Gasteiger partial charge in [0.15, 0.2) is 0 Å². The molecule has 18 heavy (non-hydrogen) atoms. The van der Waals surface area contributed by atoms with Gasteiger partial charge in [-0.15, -0.1) is 0 Å². The molecule has 1 N–H and O–H groups in total. The summed E-state index contributed by atoms with van der Waals surface area (Å²) >= 11 is 6.36. The summed E-state index contributed by atoms with van der Waals surface area (Å²) in [5, 5.41) is 8.85. The monoisotopic (exact) mass is 271 g/mol. The van der Waals surface area contributed by atoms with E-state index < -0.39 is 0 Å². The fraction of sp³-hybridized carbons (Fsp3) is 0.786. The van der Waals surface area contributed by atoms with Gasteiger partial charge in [-0.2, -0.15) is 5.10 Å². The second kappa shape index (κ2) is 7.15. The van der Waals surface area contributed by atoms with Crippen LogP contribution in [-0.4, -0.2) is 16.3 Å². The second-order valence-electron chi connectivity index (χ2n) is 5.23. The average Bonchev–Trinajstić information content (AvgIpc) is 2.65. The summed E-state index contributed by atoms with van der Waals surface area (Å²) < 4.78 is 2.01. The van der Waals surface area contributed by atoms with E-state index in [1.54, 1.807) is 0 Å². The molecule has 1 aromatic rings.